The van der Waals surface area contributed by atoms with E-state index in [0.717, 1.165) is 62.9 Å². The molecule has 0 atom stereocenters. The number of hydrogen-bond acceptors (Lipinski definition) is 2. The Morgan fingerprint density at radius 1 is 0.920 bits per heavy atom. The van der Waals surface area contributed by atoms with Crippen molar-refractivity contribution in [3.8, 4) is 0 Å². The molecule has 0 aromatic heterocycles. The second-order valence-electron chi connectivity index (χ2n) is 10.5. The molecule has 4 aliphatic carbocycles. The van der Waals surface area contributed by atoms with Crippen LogP contribution in [0.4, 0.5) is 0 Å². The summed E-state index contributed by atoms with van der Waals surface area (Å²) in [5, 5.41) is 3.18. The first-order valence-corrected chi connectivity index (χ1v) is 10.4. The van der Waals surface area contributed by atoms with Crippen molar-refractivity contribution in [2.24, 2.45) is 28.6 Å². The van der Waals surface area contributed by atoms with Crippen LogP contribution in [0.3, 0.4) is 0 Å². The molecule has 1 aliphatic heterocycles. The first-order valence-electron chi connectivity index (χ1n) is 10.4. The molecule has 0 radical (unpaired) electrons. The van der Waals surface area contributed by atoms with Crippen molar-refractivity contribution in [1.82, 2.24) is 10.2 Å². The van der Waals surface area contributed by atoms with Gasteiger partial charge in [0.15, 0.2) is 0 Å². The number of nitrogens with zero attached hydrogens (tertiary/aromatic N) is 1. The van der Waals surface area contributed by atoms with Crippen LogP contribution < -0.4 is 5.32 Å². The predicted molar refractivity (Wildman–Crippen MR) is 97.8 cm³/mol. The van der Waals surface area contributed by atoms with Gasteiger partial charge >= 0.3 is 0 Å². The molecular formula is C21H34N2O2. The van der Waals surface area contributed by atoms with Crippen molar-refractivity contribution in [2.45, 2.75) is 78.2 Å². The third-order valence-corrected chi connectivity index (χ3v) is 7.29. The summed E-state index contributed by atoms with van der Waals surface area (Å²) in [6, 6.07) is 0.229. The van der Waals surface area contributed by atoms with Gasteiger partial charge in [-0.25, -0.2) is 0 Å². The Kier molecular flexibility index (Phi) is 4.16. The van der Waals surface area contributed by atoms with Gasteiger partial charge in [-0.3, -0.25) is 9.59 Å². The monoisotopic (exact) mass is 346 g/mol. The van der Waals surface area contributed by atoms with Crippen LogP contribution >= 0.6 is 0 Å². The van der Waals surface area contributed by atoms with Crippen molar-refractivity contribution < 1.29 is 9.59 Å². The summed E-state index contributed by atoms with van der Waals surface area (Å²) in [6.45, 7) is 7.49. The zero-order chi connectivity index (χ0) is 17.8. The highest BCUT2D eigenvalue weighted by Crippen LogP contribution is 2.60. The molecule has 1 N–H and O–H groups in total. The van der Waals surface area contributed by atoms with E-state index in [1.807, 2.05) is 20.8 Å². The average molecular weight is 347 g/mol. The van der Waals surface area contributed by atoms with Crippen molar-refractivity contribution >= 4 is 11.8 Å². The van der Waals surface area contributed by atoms with Gasteiger partial charge in [-0.15, -0.1) is 0 Å². The van der Waals surface area contributed by atoms with Crippen molar-refractivity contribution in [2.75, 3.05) is 13.1 Å². The number of carbonyl (C=O) groups is 2. The van der Waals surface area contributed by atoms with E-state index in [4.69, 9.17) is 0 Å². The second-order valence-corrected chi connectivity index (χ2v) is 10.5. The molecule has 4 heteroatoms. The Morgan fingerprint density at radius 3 is 1.84 bits per heavy atom. The highest BCUT2D eigenvalue weighted by atomic mass is 16.2. The quantitative estimate of drug-likeness (QED) is 0.833. The van der Waals surface area contributed by atoms with Crippen LogP contribution in [0.2, 0.25) is 0 Å². The summed E-state index contributed by atoms with van der Waals surface area (Å²) in [7, 11) is 0. The van der Waals surface area contributed by atoms with Crippen molar-refractivity contribution in [3.63, 3.8) is 0 Å². The van der Waals surface area contributed by atoms with E-state index in [1.165, 1.54) is 19.3 Å². The smallest absolute Gasteiger partial charge is 0.228 e. The molecule has 4 nitrogen and oxygen atoms in total. The van der Waals surface area contributed by atoms with E-state index >= 15 is 0 Å². The highest BCUT2D eigenvalue weighted by molar-refractivity contribution is 5.84. The maximum Gasteiger partial charge on any atom is 0.228 e. The van der Waals surface area contributed by atoms with E-state index < -0.39 is 0 Å². The zero-order valence-corrected chi connectivity index (χ0v) is 16.1. The van der Waals surface area contributed by atoms with Crippen LogP contribution in [0.25, 0.3) is 0 Å². The fourth-order valence-corrected chi connectivity index (χ4v) is 6.34. The van der Waals surface area contributed by atoms with E-state index in [9.17, 15) is 9.59 Å². The van der Waals surface area contributed by atoms with Crippen LogP contribution in [0.1, 0.15) is 72.1 Å². The van der Waals surface area contributed by atoms with E-state index in [-0.39, 0.29) is 22.8 Å². The largest absolute Gasteiger partial charge is 0.353 e. The van der Waals surface area contributed by atoms with E-state index in [0.29, 0.717) is 5.91 Å². The van der Waals surface area contributed by atoms with Gasteiger partial charge in [0, 0.05) is 24.5 Å². The van der Waals surface area contributed by atoms with Crippen molar-refractivity contribution in [1.29, 1.82) is 0 Å². The number of likely N-dealkylation sites (tertiary alicyclic amines) is 1. The first kappa shape index (κ1) is 17.4. The normalized spacial score (nSPS) is 38.0. The summed E-state index contributed by atoms with van der Waals surface area (Å²) >= 11 is 0. The third-order valence-electron chi connectivity index (χ3n) is 7.29. The van der Waals surface area contributed by atoms with E-state index in [2.05, 4.69) is 10.2 Å². The molecule has 0 spiro atoms. The molecule has 4 saturated carbocycles. The van der Waals surface area contributed by atoms with Crippen LogP contribution in [-0.2, 0) is 9.59 Å². The Balaban J connectivity index is 1.35. The zero-order valence-electron chi connectivity index (χ0n) is 16.1. The first-order chi connectivity index (χ1) is 11.7. The number of nitrogens with one attached hydrogen (secondary N) is 1. The highest BCUT2D eigenvalue weighted by Gasteiger charge is 2.55. The topological polar surface area (TPSA) is 49.4 Å². The minimum absolute atomic E-state index is 0.0176. The number of carbonyl (C=O) groups excluding carboxylic acids is 2. The number of amides is 2. The molecule has 2 amide bonds. The summed E-state index contributed by atoms with van der Waals surface area (Å²) in [5.74, 6) is 3.03. The van der Waals surface area contributed by atoms with Gasteiger partial charge in [0.25, 0.3) is 0 Å². The number of hydrogen-bond donors (Lipinski definition) is 1. The van der Waals surface area contributed by atoms with E-state index in [1.54, 1.807) is 0 Å². The van der Waals surface area contributed by atoms with Gasteiger partial charge in [-0.05, 0) is 69.1 Å². The fraction of sp³-hybridized carbons (Fsp3) is 0.905. The van der Waals surface area contributed by atoms with Gasteiger partial charge < -0.3 is 10.2 Å². The molecule has 0 aromatic carbocycles. The van der Waals surface area contributed by atoms with Gasteiger partial charge in [0.1, 0.15) is 0 Å². The maximum absolute atomic E-state index is 13.4. The predicted octanol–water partition coefficient (Wildman–Crippen LogP) is 3.36. The standard InChI is InChI=1S/C21H34N2O2/c1-20(2,3)18(24)22-17-4-6-23(7-5-17)19(25)21-11-14-8-15(12-21)10-16(9-14)13-21/h14-17H,4-13H2,1-3H3,(H,22,24). The Labute approximate surface area is 152 Å². The minimum Gasteiger partial charge on any atom is -0.353 e. The molecule has 0 unspecified atom stereocenters. The molecule has 140 valence electrons. The third kappa shape index (κ3) is 3.21. The maximum atomic E-state index is 13.4. The fourth-order valence-electron chi connectivity index (χ4n) is 6.34. The lowest BCUT2D eigenvalue weighted by atomic mass is 9.49. The minimum atomic E-state index is -0.341. The summed E-state index contributed by atoms with van der Waals surface area (Å²) in [4.78, 5) is 27.7. The Bertz CT molecular complexity index is 519. The SMILES string of the molecule is CC(C)(C)C(=O)NC1CCN(C(=O)C23CC4CC(CC(C4)C2)C3)CC1. The molecule has 4 bridgehead atoms. The van der Waals surface area contributed by atoms with Gasteiger partial charge in [-0.2, -0.15) is 0 Å². The summed E-state index contributed by atoms with van der Waals surface area (Å²) < 4.78 is 0. The summed E-state index contributed by atoms with van der Waals surface area (Å²) in [5.41, 5.74) is -0.359. The van der Waals surface area contributed by atoms with Gasteiger partial charge in [0.05, 0.1) is 5.41 Å². The van der Waals surface area contributed by atoms with Gasteiger partial charge in [0.2, 0.25) is 11.8 Å². The van der Waals surface area contributed by atoms with Gasteiger partial charge in [-0.1, -0.05) is 20.8 Å². The summed E-state index contributed by atoms with van der Waals surface area (Å²) in [6.07, 6.45) is 9.41. The number of piperidine rings is 1. The molecule has 25 heavy (non-hydrogen) atoms. The molecule has 5 fully saturated rings. The molecule has 5 aliphatic rings. The van der Waals surface area contributed by atoms with Crippen LogP contribution in [0.15, 0.2) is 0 Å². The lowest BCUT2D eigenvalue weighted by molar-refractivity contribution is -0.158. The molecule has 1 heterocycles. The molecular weight excluding hydrogens is 312 g/mol. The van der Waals surface area contributed by atoms with Crippen LogP contribution in [-0.4, -0.2) is 35.8 Å². The molecule has 0 aromatic rings. The van der Waals surface area contributed by atoms with Crippen LogP contribution in [0, 0.1) is 28.6 Å². The Hall–Kier alpha value is -1.06. The lowest BCUT2D eigenvalue weighted by Gasteiger charge is -2.57. The lowest BCUT2D eigenvalue weighted by Crippen LogP contribution is -2.57. The number of rotatable bonds is 2. The average Bonchev–Trinajstić information content (AvgIpc) is 2.52. The molecule has 1 saturated heterocycles. The second kappa shape index (κ2) is 5.99. The molecule has 5 rings (SSSR count). The van der Waals surface area contributed by atoms with Crippen LogP contribution in [0.5, 0.6) is 0 Å². The van der Waals surface area contributed by atoms with Crippen molar-refractivity contribution in [3.05, 3.63) is 0 Å². The Morgan fingerprint density at radius 2 is 1.40 bits per heavy atom.